The maximum atomic E-state index is 11.0. The van der Waals surface area contributed by atoms with Crippen molar-refractivity contribution in [2.45, 2.75) is 13.0 Å². The van der Waals surface area contributed by atoms with Crippen LogP contribution < -0.4 is 10.1 Å². The number of carbonyl (C=O) groups is 1. The van der Waals surface area contributed by atoms with Gasteiger partial charge in [-0.3, -0.25) is 14.9 Å². The summed E-state index contributed by atoms with van der Waals surface area (Å²) in [5.41, 5.74) is 0.186. The molecule has 1 heterocycles. The largest absolute Gasteiger partial charge is 0.489 e. The average Bonchev–Trinajstić information content (AvgIpc) is 3.10. The van der Waals surface area contributed by atoms with E-state index >= 15 is 0 Å². The van der Waals surface area contributed by atoms with E-state index in [1.807, 2.05) is 0 Å². The third-order valence-electron chi connectivity index (χ3n) is 2.31. The molecule has 2 rings (SSSR count). The quantitative estimate of drug-likeness (QED) is 0.484. The van der Waals surface area contributed by atoms with Crippen molar-refractivity contribution >= 4 is 17.3 Å². The van der Waals surface area contributed by atoms with E-state index in [-0.39, 0.29) is 23.4 Å². The van der Waals surface area contributed by atoms with Crippen LogP contribution in [-0.4, -0.2) is 30.1 Å². The number of amides is 1. The maximum absolute atomic E-state index is 11.0. The predicted molar refractivity (Wildman–Crippen MR) is 62.6 cm³/mol. The fourth-order valence-corrected chi connectivity index (χ4v) is 1.39. The number of carbonyl (C=O) groups excluding carboxylic acids is 1. The third-order valence-corrected chi connectivity index (χ3v) is 2.31. The molecule has 0 radical (unpaired) electrons. The van der Waals surface area contributed by atoms with Gasteiger partial charge in [-0.25, -0.2) is 0 Å². The molecule has 1 fully saturated rings. The van der Waals surface area contributed by atoms with E-state index in [0.717, 1.165) is 0 Å². The number of ether oxygens (including phenoxy) is 2. The first kappa shape index (κ1) is 12.3. The molecule has 1 atom stereocenters. The average molecular weight is 252 g/mol. The summed E-state index contributed by atoms with van der Waals surface area (Å²) in [4.78, 5) is 21.2. The number of rotatable bonds is 5. The number of hydrogen-bond acceptors (Lipinski definition) is 5. The smallest absolute Gasteiger partial charge is 0.271 e. The summed E-state index contributed by atoms with van der Waals surface area (Å²) in [7, 11) is 0. The van der Waals surface area contributed by atoms with Crippen LogP contribution in [-0.2, 0) is 9.53 Å². The zero-order valence-corrected chi connectivity index (χ0v) is 9.71. The molecular weight excluding hydrogens is 240 g/mol. The van der Waals surface area contributed by atoms with Crippen LogP contribution in [0.2, 0.25) is 0 Å². The molecule has 1 N–H and O–H groups in total. The zero-order valence-electron chi connectivity index (χ0n) is 9.71. The number of anilines is 1. The minimum Gasteiger partial charge on any atom is -0.489 e. The molecule has 7 heteroatoms. The second-order valence-corrected chi connectivity index (χ2v) is 3.89. The van der Waals surface area contributed by atoms with Gasteiger partial charge >= 0.3 is 0 Å². The van der Waals surface area contributed by atoms with Crippen molar-refractivity contribution in [1.29, 1.82) is 0 Å². The standard InChI is InChI=1S/C11H12N2O5/c1-7(14)12-10-4-8(13(15)16)2-3-11(10)18-6-9-5-17-9/h2-4,9H,5-6H2,1H3,(H,12,14). The molecular formula is C11H12N2O5. The third kappa shape index (κ3) is 3.17. The summed E-state index contributed by atoms with van der Waals surface area (Å²) in [5, 5.41) is 13.2. The van der Waals surface area contributed by atoms with Crippen molar-refractivity contribution in [1.82, 2.24) is 0 Å². The Hall–Kier alpha value is -2.15. The van der Waals surface area contributed by atoms with Crippen molar-refractivity contribution in [2.24, 2.45) is 0 Å². The van der Waals surface area contributed by atoms with Gasteiger partial charge in [0.15, 0.2) is 0 Å². The minimum atomic E-state index is -0.529. The molecule has 1 aromatic rings. The fraction of sp³-hybridized carbons (Fsp3) is 0.364. The van der Waals surface area contributed by atoms with E-state index in [1.165, 1.54) is 25.1 Å². The highest BCUT2D eigenvalue weighted by atomic mass is 16.6. The predicted octanol–water partition coefficient (Wildman–Crippen LogP) is 1.33. The zero-order chi connectivity index (χ0) is 13.1. The van der Waals surface area contributed by atoms with Gasteiger partial charge in [0.2, 0.25) is 5.91 Å². The lowest BCUT2D eigenvalue weighted by Gasteiger charge is -2.10. The number of benzene rings is 1. The maximum Gasteiger partial charge on any atom is 0.271 e. The lowest BCUT2D eigenvalue weighted by molar-refractivity contribution is -0.384. The van der Waals surface area contributed by atoms with Crippen LogP contribution in [0.15, 0.2) is 18.2 Å². The van der Waals surface area contributed by atoms with Crippen molar-refractivity contribution in [2.75, 3.05) is 18.5 Å². The monoisotopic (exact) mass is 252 g/mol. The van der Waals surface area contributed by atoms with Gasteiger partial charge < -0.3 is 14.8 Å². The Kier molecular flexibility index (Phi) is 3.42. The summed E-state index contributed by atoms with van der Waals surface area (Å²) in [6.07, 6.45) is 0.0744. The Labute approximate surface area is 103 Å². The van der Waals surface area contributed by atoms with Gasteiger partial charge in [0.05, 0.1) is 17.2 Å². The molecule has 1 aromatic carbocycles. The SMILES string of the molecule is CC(=O)Nc1cc([N+](=O)[O-])ccc1OCC1CO1. The highest BCUT2D eigenvalue weighted by Crippen LogP contribution is 2.29. The highest BCUT2D eigenvalue weighted by molar-refractivity contribution is 5.90. The van der Waals surface area contributed by atoms with Gasteiger partial charge in [-0.05, 0) is 6.07 Å². The number of nitro benzene ring substituents is 1. The van der Waals surface area contributed by atoms with Crippen LogP contribution in [0, 0.1) is 10.1 Å². The molecule has 0 spiro atoms. The number of nitrogens with one attached hydrogen (secondary N) is 1. The molecule has 1 aliphatic heterocycles. The summed E-state index contributed by atoms with van der Waals surface area (Å²) < 4.78 is 10.4. The molecule has 0 aliphatic carbocycles. The molecule has 1 unspecified atom stereocenters. The molecule has 1 saturated heterocycles. The molecule has 18 heavy (non-hydrogen) atoms. The second kappa shape index (κ2) is 5.01. The van der Waals surface area contributed by atoms with Gasteiger partial charge in [0.25, 0.3) is 5.69 Å². The van der Waals surface area contributed by atoms with Crippen molar-refractivity contribution in [3.05, 3.63) is 28.3 Å². The summed E-state index contributed by atoms with van der Waals surface area (Å²) in [6.45, 7) is 2.35. The van der Waals surface area contributed by atoms with E-state index in [2.05, 4.69) is 5.32 Å². The van der Waals surface area contributed by atoms with Gasteiger partial charge in [0.1, 0.15) is 18.5 Å². The van der Waals surface area contributed by atoms with Gasteiger partial charge in [-0.15, -0.1) is 0 Å². The van der Waals surface area contributed by atoms with Crippen LogP contribution >= 0.6 is 0 Å². The number of hydrogen-bond donors (Lipinski definition) is 1. The van der Waals surface area contributed by atoms with E-state index in [0.29, 0.717) is 19.0 Å². The van der Waals surface area contributed by atoms with E-state index in [4.69, 9.17) is 9.47 Å². The van der Waals surface area contributed by atoms with Gasteiger partial charge in [-0.2, -0.15) is 0 Å². The lowest BCUT2D eigenvalue weighted by Crippen LogP contribution is -2.10. The Morgan fingerprint density at radius 2 is 2.39 bits per heavy atom. The van der Waals surface area contributed by atoms with Crippen molar-refractivity contribution < 1.29 is 19.2 Å². The van der Waals surface area contributed by atoms with Crippen LogP contribution in [0.5, 0.6) is 5.75 Å². The number of epoxide rings is 1. The lowest BCUT2D eigenvalue weighted by atomic mass is 10.2. The Balaban J connectivity index is 2.18. The summed E-state index contributed by atoms with van der Waals surface area (Å²) in [5.74, 6) is 0.0781. The Morgan fingerprint density at radius 3 is 2.94 bits per heavy atom. The summed E-state index contributed by atoms with van der Waals surface area (Å²) in [6, 6.07) is 4.06. The number of nitro groups is 1. The molecule has 7 nitrogen and oxygen atoms in total. The van der Waals surface area contributed by atoms with E-state index in [9.17, 15) is 14.9 Å². The fourth-order valence-electron chi connectivity index (χ4n) is 1.39. The number of nitrogens with zero attached hydrogens (tertiary/aromatic N) is 1. The second-order valence-electron chi connectivity index (χ2n) is 3.89. The van der Waals surface area contributed by atoms with Crippen LogP contribution in [0.25, 0.3) is 0 Å². The first-order chi connectivity index (χ1) is 8.56. The van der Waals surface area contributed by atoms with Crippen molar-refractivity contribution in [3.63, 3.8) is 0 Å². The molecule has 0 aromatic heterocycles. The Morgan fingerprint density at radius 1 is 1.67 bits per heavy atom. The molecule has 0 saturated carbocycles. The van der Waals surface area contributed by atoms with Crippen LogP contribution in [0.1, 0.15) is 6.92 Å². The molecule has 0 bridgehead atoms. The first-order valence-corrected chi connectivity index (χ1v) is 5.36. The van der Waals surface area contributed by atoms with Gasteiger partial charge in [0, 0.05) is 19.1 Å². The molecule has 1 amide bonds. The topological polar surface area (TPSA) is 94.0 Å². The summed E-state index contributed by atoms with van der Waals surface area (Å²) >= 11 is 0. The van der Waals surface area contributed by atoms with Gasteiger partial charge in [-0.1, -0.05) is 0 Å². The van der Waals surface area contributed by atoms with E-state index < -0.39 is 4.92 Å². The Bertz CT molecular complexity index is 484. The molecule has 1 aliphatic rings. The first-order valence-electron chi connectivity index (χ1n) is 5.36. The highest BCUT2D eigenvalue weighted by Gasteiger charge is 2.24. The molecule has 96 valence electrons. The van der Waals surface area contributed by atoms with Crippen molar-refractivity contribution in [3.8, 4) is 5.75 Å². The van der Waals surface area contributed by atoms with Crippen LogP contribution in [0.3, 0.4) is 0 Å². The van der Waals surface area contributed by atoms with Crippen LogP contribution in [0.4, 0.5) is 11.4 Å². The minimum absolute atomic E-state index is 0.0744. The van der Waals surface area contributed by atoms with E-state index in [1.54, 1.807) is 0 Å². The normalized spacial score (nSPS) is 17.1. The number of non-ortho nitro benzene ring substituents is 1.